The first-order chi connectivity index (χ1) is 13.6. The summed E-state index contributed by atoms with van der Waals surface area (Å²) in [5.74, 6) is 0.289. The van der Waals surface area contributed by atoms with Crippen molar-refractivity contribution in [3.8, 4) is 5.75 Å². The zero-order valence-corrected chi connectivity index (χ0v) is 17.3. The first kappa shape index (κ1) is 20.4. The van der Waals surface area contributed by atoms with Gasteiger partial charge in [-0.25, -0.2) is 4.79 Å². The van der Waals surface area contributed by atoms with Gasteiger partial charge >= 0.3 is 5.97 Å². The average Bonchev–Trinajstić information content (AvgIpc) is 2.98. The standard InChI is InChI=1S/C22H27NO4S/c1-3-27-22(25)20-17-8-6-4-5-7-9-18(17)28-21(20)23-19(24)14-15-10-12-16(26-2)13-11-15/h10-13H,3-9,14H2,1-2H3,(H,23,24). The first-order valence-electron chi connectivity index (χ1n) is 9.86. The Kier molecular flexibility index (Phi) is 7.09. The summed E-state index contributed by atoms with van der Waals surface area (Å²) < 4.78 is 10.4. The highest BCUT2D eigenvalue weighted by molar-refractivity contribution is 7.17. The Labute approximate surface area is 170 Å². The zero-order valence-electron chi connectivity index (χ0n) is 16.5. The van der Waals surface area contributed by atoms with Gasteiger partial charge in [-0.15, -0.1) is 11.3 Å². The van der Waals surface area contributed by atoms with Crippen molar-refractivity contribution >= 4 is 28.2 Å². The molecule has 1 amide bonds. The summed E-state index contributed by atoms with van der Waals surface area (Å²) in [6, 6.07) is 7.42. The Morgan fingerprint density at radius 2 is 1.79 bits per heavy atom. The molecule has 1 aliphatic rings. The number of carbonyl (C=O) groups is 2. The molecular formula is C22H27NO4S. The van der Waals surface area contributed by atoms with Crippen molar-refractivity contribution in [1.29, 1.82) is 0 Å². The number of thiophene rings is 1. The number of rotatable bonds is 6. The molecule has 3 rings (SSSR count). The molecule has 0 fully saturated rings. The maximum absolute atomic E-state index is 12.6. The van der Waals surface area contributed by atoms with Crippen LogP contribution in [0.25, 0.3) is 0 Å². The number of amides is 1. The number of fused-ring (bicyclic) bond motifs is 1. The lowest BCUT2D eigenvalue weighted by Gasteiger charge is -2.11. The lowest BCUT2D eigenvalue weighted by atomic mass is 9.96. The van der Waals surface area contributed by atoms with Crippen molar-refractivity contribution in [2.45, 2.75) is 51.9 Å². The van der Waals surface area contributed by atoms with Gasteiger partial charge in [0.2, 0.25) is 5.91 Å². The maximum atomic E-state index is 12.6. The number of hydrogen-bond donors (Lipinski definition) is 1. The molecule has 6 heteroatoms. The predicted octanol–water partition coefficient (Wildman–Crippen LogP) is 4.77. The van der Waals surface area contributed by atoms with Crippen LogP contribution in [0.4, 0.5) is 5.00 Å². The summed E-state index contributed by atoms with van der Waals surface area (Å²) in [7, 11) is 1.61. The number of benzene rings is 1. The molecule has 0 spiro atoms. The fraction of sp³-hybridized carbons (Fsp3) is 0.455. The van der Waals surface area contributed by atoms with E-state index in [9.17, 15) is 9.59 Å². The molecule has 2 aromatic rings. The van der Waals surface area contributed by atoms with E-state index in [4.69, 9.17) is 9.47 Å². The quantitative estimate of drug-likeness (QED) is 0.708. The van der Waals surface area contributed by atoms with E-state index in [1.165, 1.54) is 29.1 Å². The highest BCUT2D eigenvalue weighted by Crippen LogP contribution is 2.37. The van der Waals surface area contributed by atoms with E-state index in [0.717, 1.165) is 42.6 Å². The minimum Gasteiger partial charge on any atom is -0.497 e. The summed E-state index contributed by atoms with van der Waals surface area (Å²) in [5.41, 5.74) is 2.53. The van der Waals surface area contributed by atoms with Gasteiger partial charge in [-0.05, 0) is 55.9 Å². The van der Waals surface area contributed by atoms with Crippen LogP contribution in [0.2, 0.25) is 0 Å². The fourth-order valence-electron chi connectivity index (χ4n) is 3.53. The van der Waals surface area contributed by atoms with E-state index in [1.54, 1.807) is 14.0 Å². The van der Waals surface area contributed by atoms with Crippen LogP contribution in [0.3, 0.4) is 0 Å². The molecule has 1 aromatic carbocycles. The van der Waals surface area contributed by atoms with Gasteiger partial charge in [0, 0.05) is 4.88 Å². The first-order valence-corrected chi connectivity index (χ1v) is 10.7. The van der Waals surface area contributed by atoms with Crippen molar-refractivity contribution in [1.82, 2.24) is 0 Å². The largest absolute Gasteiger partial charge is 0.497 e. The van der Waals surface area contributed by atoms with Gasteiger partial charge in [0.25, 0.3) is 0 Å². The summed E-state index contributed by atoms with van der Waals surface area (Å²) in [5, 5.41) is 3.60. The molecule has 1 heterocycles. The topological polar surface area (TPSA) is 64.6 Å². The molecule has 150 valence electrons. The molecule has 5 nitrogen and oxygen atoms in total. The predicted molar refractivity (Wildman–Crippen MR) is 111 cm³/mol. The second-order valence-corrected chi connectivity index (χ2v) is 8.02. The zero-order chi connectivity index (χ0) is 19.9. The highest BCUT2D eigenvalue weighted by Gasteiger charge is 2.26. The number of methoxy groups -OCH3 is 1. The van der Waals surface area contributed by atoms with E-state index in [-0.39, 0.29) is 18.3 Å². The van der Waals surface area contributed by atoms with Crippen molar-refractivity contribution in [2.75, 3.05) is 19.0 Å². The Morgan fingerprint density at radius 1 is 1.07 bits per heavy atom. The van der Waals surface area contributed by atoms with Gasteiger partial charge in [0.1, 0.15) is 10.8 Å². The highest BCUT2D eigenvalue weighted by atomic mass is 32.1. The van der Waals surface area contributed by atoms with Gasteiger partial charge in [0.15, 0.2) is 0 Å². The van der Waals surface area contributed by atoms with Crippen LogP contribution in [0, 0.1) is 0 Å². The number of nitrogens with one attached hydrogen (secondary N) is 1. The van der Waals surface area contributed by atoms with Crippen LogP contribution in [0.5, 0.6) is 5.75 Å². The number of anilines is 1. The van der Waals surface area contributed by atoms with Gasteiger partial charge in [-0.3, -0.25) is 4.79 Å². The van der Waals surface area contributed by atoms with Gasteiger partial charge in [-0.2, -0.15) is 0 Å². The lowest BCUT2D eigenvalue weighted by Crippen LogP contribution is -2.17. The minimum atomic E-state index is -0.333. The third kappa shape index (κ3) is 4.93. The Morgan fingerprint density at radius 3 is 2.46 bits per heavy atom. The van der Waals surface area contributed by atoms with Gasteiger partial charge in [-0.1, -0.05) is 25.0 Å². The SMILES string of the molecule is CCOC(=O)c1c(NC(=O)Cc2ccc(OC)cc2)sc2c1CCCCCC2. The molecular weight excluding hydrogens is 374 g/mol. The van der Waals surface area contributed by atoms with Crippen molar-refractivity contribution in [3.63, 3.8) is 0 Å². The van der Waals surface area contributed by atoms with Crippen LogP contribution < -0.4 is 10.1 Å². The molecule has 28 heavy (non-hydrogen) atoms. The van der Waals surface area contributed by atoms with E-state index in [0.29, 0.717) is 17.2 Å². The van der Waals surface area contributed by atoms with Crippen molar-refractivity contribution in [2.24, 2.45) is 0 Å². The molecule has 0 saturated carbocycles. The van der Waals surface area contributed by atoms with Crippen molar-refractivity contribution in [3.05, 3.63) is 45.8 Å². The Bertz CT molecular complexity index is 826. The second-order valence-electron chi connectivity index (χ2n) is 6.92. The van der Waals surface area contributed by atoms with Crippen LogP contribution in [0.15, 0.2) is 24.3 Å². The number of aryl methyl sites for hydroxylation is 1. The normalized spacial score (nSPS) is 13.8. The molecule has 0 radical (unpaired) electrons. The van der Waals surface area contributed by atoms with Crippen LogP contribution in [-0.2, 0) is 28.8 Å². The second kappa shape index (κ2) is 9.73. The van der Waals surface area contributed by atoms with Gasteiger partial charge in [0.05, 0.1) is 25.7 Å². The number of carbonyl (C=O) groups excluding carboxylic acids is 2. The molecule has 0 bridgehead atoms. The van der Waals surface area contributed by atoms with E-state index in [2.05, 4.69) is 5.32 Å². The summed E-state index contributed by atoms with van der Waals surface area (Å²) in [6.45, 7) is 2.12. The molecule has 1 aromatic heterocycles. The third-order valence-corrected chi connectivity index (χ3v) is 6.13. The van der Waals surface area contributed by atoms with Crippen molar-refractivity contribution < 1.29 is 19.1 Å². The third-order valence-electron chi connectivity index (χ3n) is 4.93. The van der Waals surface area contributed by atoms with Crippen LogP contribution in [0.1, 0.15) is 59.0 Å². The lowest BCUT2D eigenvalue weighted by molar-refractivity contribution is -0.115. The molecule has 1 aliphatic carbocycles. The maximum Gasteiger partial charge on any atom is 0.341 e. The average molecular weight is 402 g/mol. The monoisotopic (exact) mass is 401 g/mol. The molecule has 0 atom stereocenters. The fourth-order valence-corrected chi connectivity index (χ4v) is 4.82. The summed E-state index contributed by atoms with van der Waals surface area (Å²) >= 11 is 1.53. The van der Waals surface area contributed by atoms with Crippen LogP contribution >= 0.6 is 11.3 Å². The summed E-state index contributed by atoms with van der Waals surface area (Å²) in [6.07, 6.45) is 6.65. The minimum absolute atomic E-state index is 0.134. The number of esters is 1. The number of ether oxygens (including phenoxy) is 2. The molecule has 0 aliphatic heterocycles. The molecule has 0 saturated heterocycles. The summed E-state index contributed by atoms with van der Waals surface area (Å²) in [4.78, 5) is 26.5. The number of hydrogen-bond acceptors (Lipinski definition) is 5. The van der Waals surface area contributed by atoms with Gasteiger partial charge < -0.3 is 14.8 Å². The van der Waals surface area contributed by atoms with E-state index in [1.807, 2.05) is 24.3 Å². The smallest absolute Gasteiger partial charge is 0.341 e. The molecule has 0 unspecified atom stereocenters. The Balaban J connectivity index is 1.81. The molecule has 1 N–H and O–H groups in total. The van der Waals surface area contributed by atoms with E-state index >= 15 is 0 Å². The van der Waals surface area contributed by atoms with E-state index < -0.39 is 0 Å². The van der Waals surface area contributed by atoms with Crippen LogP contribution in [-0.4, -0.2) is 25.6 Å². The Hall–Kier alpha value is -2.34.